The van der Waals surface area contributed by atoms with E-state index in [4.69, 9.17) is 10.00 Å². The van der Waals surface area contributed by atoms with Gasteiger partial charge >= 0.3 is 0 Å². The molecule has 0 unspecified atom stereocenters. The maximum absolute atomic E-state index is 8.56. The zero-order chi connectivity index (χ0) is 7.40. The Morgan fingerprint density at radius 2 is 2.10 bits per heavy atom. The second kappa shape index (κ2) is 3.63. The van der Waals surface area contributed by atoms with Crippen LogP contribution in [0, 0.1) is 11.2 Å². The van der Waals surface area contributed by atoms with Gasteiger partial charge in [-0.15, -0.1) is 0 Å². The van der Waals surface area contributed by atoms with Crippen LogP contribution in [0.1, 0.15) is 12.8 Å². The molecule has 0 saturated carbocycles. The minimum absolute atomic E-state index is 0.298. The third-order valence-corrected chi connectivity index (χ3v) is 2.19. The minimum Gasteiger partial charge on any atom is -0.382 e. The molecule has 0 amide bonds. The fourth-order valence-electron chi connectivity index (χ4n) is 1.43. The standard InChI is InChI=1S/C7H12BNO/c1-10-7-2-4-8(6-9)5-3-7/h7H,2-5H2,1H3. The maximum Gasteiger partial charge on any atom is 0.268 e. The lowest BCUT2D eigenvalue weighted by Gasteiger charge is -2.21. The van der Waals surface area contributed by atoms with Crippen molar-refractivity contribution < 1.29 is 4.74 Å². The molecule has 0 aliphatic carbocycles. The van der Waals surface area contributed by atoms with E-state index in [2.05, 4.69) is 5.97 Å². The van der Waals surface area contributed by atoms with Gasteiger partial charge in [-0.25, -0.2) is 5.26 Å². The van der Waals surface area contributed by atoms with Crippen LogP contribution in [-0.4, -0.2) is 19.9 Å². The van der Waals surface area contributed by atoms with Gasteiger partial charge in [-0.05, 0) is 12.8 Å². The molecule has 1 saturated heterocycles. The summed E-state index contributed by atoms with van der Waals surface area (Å²) in [6.45, 7) is 0.298. The molecule has 1 heterocycles. The van der Waals surface area contributed by atoms with E-state index in [1.54, 1.807) is 7.11 Å². The van der Waals surface area contributed by atoms with Crippen LogP contribution >= 0.6 is 0 Å². The Balaban J connectivity index is 2.25. The summed E-state index contributed by atoms with van der Waals surface area (Å²) in [7, 11) is 1.75. The van der Waals surface area contributed by atoms with E-state index in [0.717, 1.165) is 25.5 Å². The quantitative estimate of drug-likeness (QED) is 0.511. The van der Waals surface area contributed by atoms with Crippen molar-refractivity contribution in [2.24, 2.45) is 0 Å². The molecule has 0 aromatic heterocycles. The molecule has 2 nitrogen and oxygen atoms in total. The summed E-state index contributed by atoms with van der Waals surface area (Å²) in [4.78, 5) is 0. The van der Waals surface area contributed by atoms with Gasteiger partial charge in [-0.2, -0.15) is 0 Å². The Hall–Kier alpha value is -0.485. The number of hydrogen-bond donors (Lipinski definition) is 0. The summed E-state index contributed by atoms with van der Waals surface area (Å²) in [5.74, 6) is 2.29. The first-order valence-corrected chi connectivity index (χ1v) is 3.79. The van der Waals surface area contributed by atoms with Crippen LogP contribution in [0.3, 0.4) is 0 Å². The van der Waals surface area contributed by atoms with Crippen molar-refractivity contribution in [2.45, 2.75) is 31.6 Å². The summed E-state index contributed by atoms with van der Waals surface area (Å²) >= 11 is 0. The first kappa shape index (κ1) is 7.62. The van der Waals surface area contributed by atoms with Gasteiger partial charge < -0.3 is 4.74 Å². The van der Waals surface area contributed by atoms with Crippen molar-refractivity contribution in [3.05, 3.63) is 0 Å². The van der Waals surface area contributed by atoms with E-state index in [1.165, 1.54) is 0 Å². The van der Waals surface area contributed by atoms with Crippen LogP contribution in [0.4, 0.5) is 0 Å². The predicted molar refractivity (Wildman–Crippen MR) is 41.0 cm³/mol. The van der Waals surface area contributed by atoms with E-state index in [-0.39, 0.29) is 0 Å². The maximum atomic E-state index is 8.56. The molecule has 0 radical (unpaired) electrons. The topological polar surface area (TPSA) is 33.0 Å². The highest BCUT2D eigenvalue weighted by molar-refractivity contribution is 6.67. The molecule has 3 heteroatoms. The van der Waals surface area contributed by atoms with Crippen LogP contribution in [0.5, 0.6) is 0 Å². The van der Waals surface area contributed by atoms with Gasteiger partial charge in [0, 0.05) is 13.1 Å². The molecule has 1 aliphatic heterocycles. The number of nitriles is 1. The third-order valence-electron chi connectivity index (χ3n) is 2.19. The van der Waals surface area contributed by atoms with Gasteiger partial charge in [0.15, 0.2) is 0 Å². The second-order valence-corrected chi connectivity index (χ2v) is 2.84. The van der Waals surface area contributed by atoms with Crippen molar-refractivity contribution in [2.75, 3.05) is 7.11 Å². The van der Waals surface area contributed by atoms with Crippen LogP contribution in [0.25, 0.3) is 0 Å². The van der Waals surface area contributed by atoms with E-state index in [0.29, 0.717) is 12.8 Å². The lowest BCUT2D eigenvalue weighted by atomic mass is 9.42. The average molecular weight is 137 g/mol. The minimum atomic E-state index is 0.298. The molecule has 0 aromatic rings. The van der Waals surface area contributed by atoms with Gasteiger partial charge in [-0.1, -0.05) is 12.6 Å². The van der Waals surface area contributed by atoms with Crippen molar-refractivity contribution in [1.82, 2.24) is 0 Å². The summed E-state index contributed by atoms with van der Waals surface area (Å²) in [6.07, 6.45) is 4.60. The lowest BCUT2D eigenvalue weighted by molar-refractivity contribution is 0.0927. The fraction of sp³-hybridized carbons (Fsp3) is 0.857. The van der Waals surface area contributed by atoms with Gasteiger partial charge in [0.05, 0.1) is 6.10 Å². The van der Waals surface area contributed by atoms with Crippen LogP contribution in [0.2, 0.25) is 12.6 Å². The van der Waals surface area contributed by atoms with E-state index in [1.807, 2.05) is 0 Å². The van der Waals surface area contributed by atoms with Crippen molar-refractivity contribution in [1.29, 1.82) is 5.26 Å². The molecule has 0 atom stereocenters. The number of methoxy groups -OCH3 is 1. The molecular formula is C7H12BNO. The van der Waals surface area contributed by atoms with Gasteiger partial charge in [-0.3, -0.25) is 0 Å². The first-order valence-electron chi connectivity index (χ1n) is 3.79. The zero-order valence-electron chi connectivity index (χ0n) is 6.34. The summed E-state index contributed by atoms with van der Waals surface area (Å²) in [5, 5.41) is 8.56. The van der Waals surface area contributed by atoms with Crippen molar-refractivity contribution >= 4 is 6.71 Å². The van der Waals surface area contributed by atoms with Gasteiger partial charge in [0.1, 0.15) is 0 Å². The number of nitrogens with zero attached hydrogens (tertiary/aromatic N) is 1. The Morgan fingerprint density at radius 3 is 2.50 bits per heavy atom. The van der Waals surface area contributed by atoms with Crippen LogP contribution < -0.4 is 0 Å². The number of rotatable bonds is 1. The number of hydrogen-bond acceptors (Lipinski definition) is 2. The summed E-state index contributed by atoms with van der Waals surface area (Å²) < 4.78 is 5.17. The Kier molecular flexibility index (Phi) is 2.76. The predicted octanol–water partition coefficient (Wildman–Crippen LogP) is 1.35. The van der Waals surface area contributed by atoms with Crippen LogP contribution in [-0.2, 0) is 4.74 Å². The third kappa shape index (κ3) is 1.75. The highest BCUT2D eigenvalue weighted by Gasteiger charge is 2.23. The molecule has 1 aliphatic rings. The normalized spacial score (nSPS) is 20.6. The second-order valence-electron chi connectivity index (χ2n) is 2.84. The van der Waals surface area contributed by atoms with Crippen LogP contribution in [0.15, 0.2) is 0 Å². The first-order chi connectivity index (χ1) is 4.86. The highest BCUT2D eigenvalue weighted by atomic mass is 16.5. The summed E-state index contributed by atoms with van der Waals surface area (Å²) in [5.41, 5.74) is 0. The molecular weight excluding hydrogens is 125 g/mol. The molecule has 10 heavy (non-hydrogen) atoms. The number of ether oxygens (including phenoxy) is 1. The molecule has 1 rings (SSSR count). The molecule has 0 aromatic carbocycles. The molecule has 54 valence electrons. The van der Waals surface area contributed by atoms with E-state index < -0.39 is 0 Å². The highest BCUT2D eigenvalue weighted by Crippen LogP contribution is 2.20. The molecule has 0 N–H and O–H groups in total. The zero-order valence-corrected chi connectivity index (χ0v) is 6.34. The largest absolute Gasteiger partial charge is 0.382 e. The average Bonchev–Trinajstić information content (AvgIpc) is 2.05. The Bertz CT molecular complexity index is 135. The van der Waals surface area contributed by atoms with Crippen molar-refractivity contribution in [3.63, 3.8) is 0 Å². The molecule has 0 bridgehead atoms. The van der Waals surface area contributed by atoms with Gasteiger partial charge in [0.2, 0.25) is 0 Å². The SMILES string of the molecule is COC1CCB(C#N)CC1. The Morgan fingerprint density at radius 1 is 1.50 bits per heavy atom. The molecule has 1 fully saturated rings. The van der Waals surface area contributed by atoms with Gasteiger partial charge in [0.25, 0.3) is 6.71 Å². The lowest BCUT2D eigenvalue weighted by Crippen LogP contribution is -2.24. The van der Waals surface area contributed by atoms with E-state index >= 15 is 0 Å². The monoisotopic (exact) mass is 137 g/mol. The Labute approximate surface area is 62.3 Å². The van der Waals surface area contributed by atoms with Crippen molar-refractivity contribution in [3.8, 4) is 5.97 Å². The fourth-order valence-corrected chi connectivity index (χ4v) is 1.43. The molecule has 0 spiro atoms. The van der Waals surface area contributed by atoms with E-state index in [9.17, 15) is 0 Å². The summed E-state index contributed by atoms with van der Waals surface area (Å²) in [6, 6.07) is 0. The smallest absolute Gasteiger partial charge is 0.268 e.